The highest BCUT2D eigenvalue weighted by atomic mass is 16.5. The molecule has 0 atom stereocenters. The van der Waals surface area contributed by atoms with Crippen LogP contribution in [0, 0.1) is 0 Å². The molecule has 0 fully saturated rings. The second kappa shape index (κ2) is 7.29. The fourth-order valence-electron chi connectivity index (χ4n) is 2.08. The number of allylic oxidation sites excluding steroid dienone is 1. The maximum absolute atomic E-state index is 11.5. The van der Waals surface area contributed by atoms with Gasteiger partial charge in [-0.2, -0.15) is 0 Å². The number of rotatable bonds is 5. The van der Waals surface area contributed by atoms with Crippen LogP contribution in [0.4, 0.5) is 0 Å². The Morgan fingerprint density at radius 2 is 1.60 bits per heavy atom. The number of hydrogen-bond acceptors (Lipinski definition) is 2. The maximum Gasteiger partial charge on any atom is 0.330 e. The summed E-state index contributed by atoms with van der Waals surface area (Å²) in [6.45, 7) is 0. The Labute approximate surface area is 119 Å². The van der Waals surface area contributed by atoms with Gasteiger partial charge in [-0.15, -0.1) is 0 Å². The molecule has 0 aliphatic carbocycles. The Kier molecular flexibility index (Phi) is 5.13. The van der Waals surface area contributed by atoms with Gasteiger partial charge in [-0.1, -0.05) is 60.7 Å². The van der Waals surface area contributed by atoms with Crippen molar-refractivity contribution >= 4 is 11.5 Å². The van der Waals surface area contributed by atoms with Crippen LogP contribution in [0.5, 0.6) is 0 Å². The normalized spacial score (nSPS) is 11.2. The van der Waals surface area contributed by atoms with E-state index >= 15 is 0 Å². The SMILES string of the molecule is COC(=O)C=C(CCc1ccccc1)c1ccccc1. The number of carbonyl (C=O) groups excluding carboxylic acids is 1. The molecule has 2 nitrogen and oxygen atoms in total. The average molecular weight is 266 g/mol. The monoisotopic (exact) mass is 266 g/mol. The van der Waals surface area contributed by atoms with Gasteiger partial charge in [-0.25, -0.2) is 4.79 Å². The Morgan fingerprint density at radius 3 is 2.20 bits per heavy atom. The van der Waals surface area contributed by atoms with Gasteiger partial charge in [0.1, 0.15) is 0 Å². The number of aryl methyl sites for hydroxylation is 1. The number of carbonyl (C=O) groups is 1. The van der Waals surface area contributed by atoms with Crippen molar-refractivity contribution < 1.29 is 9.53 Å². The molecule has 20 heavy (non-hydrogen) atoms. The minimum Gasteiger partial charge on any atom is -0.466 e. The third kappa shape index (κ3) is 4.09. The van der Waals surface area contributed by atoms with Crippen molar-refractivity contribution in [2.75, 3.05) is 7.11 Å². The highest BCUT2D eigenvalue weighted by Crippen LogP contribution is 2.20. The molecule has 0 amide bonds. The number of benzene rings is 2. The molecule has 0 saturated carbocycles. The van der Waals surface area contributed by atoms with Gasteiger partial charge in [0, 0.05) is 6.08 Å². The number of esters is 1. The third-order valence-electron chi connectivity index (χ3n) is 3.16. The fourth-order valence-corrected chi connectivity index (χ4v) is 2.08. The Morgan fingerprint density at radius 1 is 1.00 bits per heavy atom. The Balaban J connectivity index is 2.16. The second-order valence-corrected chi connectivity index (χ2v) is 4.54. The highest BCUT2D eigenvalue weighted by Gasteiger charge is 2.05. The summed E-state index contributed by atoms with van der Waals surface area (Å²) in [5, 5.41) is 0. The van der Waals surface area contributed by atoms with Crippen molar-refractivity contribution in [3.8, 4) is 0 Å². The first-order valence-corrected chi connectivity index (χ1v) is 6.67. The molecule has 2 rings (SSSR count). The van der Waals surface area contributed by atoms with Crippen LogP contribution in [0.15, 0.2) is 66.7 Å². The lowest BCUT2D eigenvalue weighted by Crippen LogP contribution is -1.98. The Hall–Kier alpha value is -2.35. The second-order valence-electron chi connectivity index (χ2n) is 4.54. The van der Waals surface area contributed by atoms with E-state index in [0.717, 1.165) is 24.0 Å². The van der Waals surface area contributed by atoms with E-state index in [4.69, 9.17) is 4.74 Å². The third-order valence-corrected chi connectivity index (χ3v) is 3.16. The van der Waals surface area contributed by atoms with Gasteiger partial charge in [-0.05, 0) is 29.5 Å². The molecule has 2 aromatic carbocycles. The molecule has 0 aliphatic rings. The van der Waals surface area contributed by atoms with Gasteiger partial charge >= 0.3 is 5.97 Å². The van der Waals surface area contributed by atoms with Crippen molar-refractivity contribution in [2.45, 2.75) is 12.8 Å². The van der Waals surface area contributed by atoms with Crippen LogP contribution in [0.25, 0.3) is 5.57 Å². The quantitative estimate of drug-likeness (QED) is 0.606. The summed E-state index contributed by atoms with van der Waals surface area (Å²) in [4.78, 5) is 11.5. The van der Waals surface area contributed by atoms with E-state index in [0.29, 0.717) is 0 Å². The summed E-state index contributed by atoms with van der Waals surface area (Å²) >= 11 is 0. The van der Waals surface area contributed by atoms with Gasteiger partial charge in [0.15, 0.2) is 0 Å². The van der Waals surface area contributed by atoms with Crippen LogP contribution in [-0.2, 0) is 16.0 Å². The zero-order valence-electron chi connectivity index (χ0n) is 11.6. The first kappa shape index (κ1) is 14.1. The lowest BCUT2D eigenvalue weighted by atomic mass is 9.98. The standard InChI is InChI=1S/C18H18O2/c1-20-18(19)14-17(16-10-6-3-7-11-16)13-12-15-8-4-2-5-9-15/h2-11,14H,12-13H2,1H3. The van der Waals surface area contributed by atoms with Crippen molar-refractivity contribution in [2.24, 2.45) is 0 Å². The Bertz CT molecular complexity index is 571. The molecule has 0 radical (unpaired) electrons. The molecule has 0 saturated heterocycles. The van der Waals surface area contributed by atoms with Gasteiger partial charge in [0.05, 0.1) is 7.11 Å². The zero-order chi connectivity index (χ0) is 14.2. The molecule has 0 bridgehead atoms. The van der Waals surface area contributed by atoms with E-state index in [1.165, 1.54) is 12.7 Å². The summed E-state index contributed by atoms with van der Waals surface area (Å²) in [7, 11) is 1.40. The van der Waals surface area contributed by atoms with E-state index in [1.54, 1.807) is 6.08 Å². The molecule has 2 aromatic rings. The maximum atomic E-state index is 11.5. The van der Waals surface area contributed by atoms with Crippen LogP contribution >= 0.6 is 0 Å². The topological polar surface area (TPSA) is 26.3 Å². The minimum absolute atomic E-state index is 0.308. The van der Waals surface area contributed by atoms with Crippen molar-refractivity contribution in [3.63, 3.8) is 0 Å². The predicted molar refractivity (Wildman–Crippen MR) is 81.2 cm³/mol. The van der Waals surface area contributed by atoms with Gasteiger partial charge in [0.2, 0.25) is 0 Å². The average Bonchev–Trinajstić information content (AvgIpc) is 2.53. The van der Waals surface area contributed by atoms with Crippen molar-refractivity contribution in [3.05, 3.63) is 77.9 Å². The van der Waals surface area contributed by atoms with E-state index < -0.39 is 0 Å². The van der Waals surface area contributed by atoms with Crippen LogP contribution in [0.3, 0.4) is 0 Å². The summed E-state index contributed by atoms with van der Waals surface area (Å²) in [5.41, 5.74) is 3.33. The predicted octanol–water partition coefficient (Wildman–Crippen LogP) is 3.88. The number of hydrogen-bond donors (Lipinski definition) is 0. The molecular formula is C18H18O2. The van der Waals surface area contributed by atoms with Crippen molar-refractivity contribution in [1.29, 1.82) is 0 Å². The molecule has 0 aliphatic heterocycles. The fraction of sp³-hybridized carbons (Fsp3) is 0.167. The van der Waals surface area contributed by atoms with Gasteiger partial charge in [-0.3, -0.25) is 0 Å². The first-order chi connectivity index (χ1) is 9.79. The van der Waals surface area contributed by atoms with E-state index in [-0.39, 0.29) is 5.97 Å². The van der Waals surface area contributed by atoms with Gasteiger partial charge < -0.3 is 4.74 Å². The first-order valence-electron chi connectivity index (χ1n) is 6.67. The molecule has 0 N–H and O–H groups in total. The van der Waals surface area contributed by atoms with E-state index in [9.17, 15) is 4.79 Å². The smallest absolute Gasteiger partial charge is 0.330 e. The summed E-state index contributed by atoms with van der Waals surface area (Å²) in [6, 6.07) is 20.2. The molecule has 0 spiro atoms. The molecular weight excluding hydrogens is 248 g/mol. The summed E-state index contributed by atoms with van der Waals surface area (Å²) in [5.74, 6) is -0.308. The van der Waals surface area contributed by atoms with Crippen molar-refractivity contribution in [1.82, 2.24) is 0 Å². The molecule has 0 heterocycles. The van der Waals surface area contributed by atoms with Crippen LogP contribution in [0.2, 0.25) is 0 Å². The molecule has 102 valence electrons. The van der Waals surface area contributed by atoms with E-state index in [2.05, 4.69) is 12.1 Å². The number of methoxy groups -OCH3 is 1. The lowest BCUT2D eigenvalue weighted by Gasteiger charge is -2.08. The number of ether oxygens (including phenoxy) is 1. The highest BCUT2D eigenvalue weighted by molar-refractivity contribution is 5.91. The summed E-state index contributed by atoms with van der Waals surface area (Å²) in [6.07, 6.45) is 3.29. The molecule has 2 heteroatoms. The van der Waals surface area contributed by atoms with Gasteiger partial charge in [0.25, 0.3) is 0 Å². The van der Waals surface area contributed by atoms with E-state index in [1.807, 2.05) is 48.5 Å². The minimum atomic E-state index is -0.308. The molecule has 0 unspecified atom stereocenters. The largest absolute Gasteiger partial charge is 0.466 e. The van der Waals surface area contributed by atoms with Crippen LogP contribution < -0.4 is 0 Å². The lowest BCUT2D eigenvalue weighted by molar-refractivity contribution is -0.134. The molecule has 0 aromatic heterocycles. The zero-order valence-corrected chi connectivity index (χ0v) is 11.6. The van der Waals surface area contributed by atoms with Crippen LogP contribution in [-0.4, -0.2) is 13.1 Å². The summed E-state index contributed by atoms with van der Waals surface area (Å²) < 4.78 is 4.74. The van der Waals surface area contributed by atoms with Crippen LogP contribution in [0.1, 0.15) is 17.5 Å².